The van der Waals surface area contributed by atoms with Crippen molar-refractivity contribution in [2.45, 2.75) is 32.2 Å². The van der Waals surface area contributed by atoms with Crippen molar-refractivity contribution in [2.24, 2.45) is 0 Å². The van der Waals surface area contributed by atoms with Crippen LogP contribution in [0.25, 0.3) is 5.65 Å². The highest BCUT2D eigenvalue weighted by molar-refractivity contribution is 5.44. The van der Waals surface area contributed by atoms with Gasteiger partial charge in [0.05, 0.1) is 11.7 Å². The van der Waals surface area contributed by atoms with E-state index in [0.29, 0.717) is 11.7 Å². The van der Waals surface area contributed by atoms with E-state index in [9.17, 15) is 4.39 Å². The van der Waals surface area contributed by atoms with Crippen LogP contribution in [0.15, 0.2) is 18.3 Å². The molecular weight excluding hydrogens is 217 g/mol. The van der Waals surface area contributed by atoms with Crippen molar-refractivity contribution in [1.82, 2.24) is 14.7 Å². The number of nitrogens with zero attached hydrogens (tertiary/aromatic N) is 2. The third-order valence-corrected chi connectivity index (χ3v) is 3.50. The van der Waals surface area contributed by atoms with Gasteiger partial charge in [0, 0.05) is 18.0 Å². The summed E-state index contributed by atoms with van der Waals surface area (Å²) in [6.07, 6.45) is 5.34. The first kappa shape index (κ1) is 10.7. The Bertz CT molecular complexity index is 541. The first-order valence-corrected chi connectivity index (χ1v) is 6.13. The van der Waals surface area contributed by atoms with Crippen LogP contribution in [0.5, 0.6) is 0 Å². The summed E-state index contributed by atoms with van der Waals surface area (Å²) in [7, 11) is 0. The molecule has 1 N–H and O–H groups in total. The largest absolute Gasteiger partial charge is 0.309 e. The minimum atomic E-state index is -0.231. The molecule has 0 spiro atoms. The van der Waals surface area contributed by atoms with Crippen LogP contribution in [0.3, 0.4) is 0 Å². The summed E-state index contributed by atoms with van der Waals surface area (Å²) in [4.78, 5) is 4.56. The summed E-state index contributed by atoms with van der Waals surface area (Å²) < 4.78 is 15.1. The average Bonchev–Trinajstić information content (AvgIpc) is 2.67. The molecule has 0 amide bonds. The number of imidazole rings is 1. The summed E-state index contributed by atoms with van der Waals surface area (Å²) in [5.41, 5.74) is 2.87. The standard InChI is InChI=1S/C13H16FN3/c1-9-13(11-4-2-3-6-15-11)16-12-8-10(14)5-7-17(9)12/h5,7-8,11,15H,2-4,6H2,1H3. The summed E-state index contributed by atoms with van der Waals surface area (Å²) in [5, 5.41) is 3.48. The van der Waals surface area contributed by atoms with E-state index in [4.69, 9.17) is 0 Å². The third-order valence-electron chi connectivity index (χ3n) is 3.50. The van der Waals surface area contributed by atoms with Crippen molar-refractivity contribution >= 4 is 5.65 Å². The molecule has 3 rings (SSSR count). The first-order valence-electron chi connectivity index (χ1n) is 6.13. The van der Waals surface area contributed by atoms with Crippen molar-refractivity contribution in [3.63, 3.8) is 0 Å². The van der Waals surface area contributed by atoms with Gasteiger partial charge in [-0.25, -0.2) is 9.37 Å². The predicted octanol–water partition coefficient (Wildman–Crippen LogP) is 2.60. The highest BCUT2D eigenvalue weighted by Crippen LogP contribution is 2.25. The van der Waals surface area contributed by atoms with E-state index >= 15 is 0 Å². The molecule has 3 nitrogen and oxygen atoms in total. The second-order valence-electron chi connectivity index (χ2n) is 4.66. The van der Waals surface area contributed by atoms with Gasteiger partial charge in [0.15, 0.2) is 0 Å². The van der Waals surface area contributed by atoms with Crippen LogP contribution in [0.2, 0.25) is 0 Å². The van der Waals surface area contributed by atoms with Crippen molar-refractivity contribution < 1.29 is 4.39 Å². The molecule has 0 aromatic carbocycles. The number of aromatic nitrogens is 2. The van der Waals surface area contributed by atoms with Crippen LogP contribution in [-0.2, 0) is 0 Å². The molecule has 90 valence electrons. The fourth-order valence-corrected chi connectivity index (χ4v) is 2.58. The van der Waals surface area contributed by atoms with E-state index in [0.717, 1.165) is 24.4 Å². The molecule has 0 saturated carbocycles. The van der Waals surface area contributed by atoms with E-state index in [2.05, 4.69) is 10.3 Å². The Labute approximate surface area is 99.7 Å². The number of hydrogen-bond acceptors (Lipinski definition) is 2. The number of fused-ring (bicyclic) bond motifs is 1. The van der Waals surface area contributed by atoms with Gasteiger partial charge in [0.1, 0.15) is 11.5 Å². The molecule has 17 heavy (non-hydrogen) atoms. The molecule has 1 aliphatic heterocycles. The van der Waals surface area contributed by atoms with Gasteiger partial charge in [-0.2, -0.15) is 0 Å². The summed E-state index contributed by atoms with van der Waals surface area (Å²) in [6.45, 7) is 3.09. The van der Waals surface area contributed by atoms with Gasteiger partial charge < -0.3 is 9.72 Å². The normalized spacial score (nSPS) is 20.9. The lowest BCUT2D eigenvalue weighted by atomic mass is 10.0. The van der Waals surface area contributed by atoms with Crippen LogP contribution < -0.4 is 5.32 Å². The van der Waals surface area contributed by atoms with Crippen LogP contribution in [0.1, 0.15) is 36.7 Å². The fraction of sp³-hybridized carbons (Fsp3) is 0.462. The zero-order valence-corrected chi connectivity index (χ0v) is 9.91. The molecule has 0 bridgehead atoms. The summed E-state index contributed by atoms with van der Waals surface area (Å²) in [6, 6.07) is 3.28. The Kier molecular flexibility index (Phi) is 2.59. The van der Waals surface area contributed by atoms with Gasteiger partial charge >= 0.3 is 0 Å². The molecule has 0 aliphatic carbocycles. The maximum absolute atomic E-state index is 13.2. The number of pyridine rings is 1. The molecular formula is C13H16FN3. The maximum Gasteiger partial charge on any atom is 0.140 e. The number of hydrogen-bond donors (Lipinski definition) is 1. The first-order chi connectivity index (χ1) is 8.25. The monoisotopic (exact) mass is 233 g/mol. The van der Waals surface area contributed by atoms with E-state index in [1.807, 2.05) is 11.3 Å². The van der Waals surface area contributed by atoms with Gasteiger partial charge in [-0.1, -0.05) is 6.42 Å². The molecule has 1 atom stereocenters. The Balaban J connectivity index is 2.07. The SMILES string of the molecule is Cc1c(C2CCCCN2)nc2cc(F)ccn12. The highest BCUT2D eigenvalue weighted by atomic mass is 19.1. The summed E-state index contributed by atoms with van der Waals surface area (Å²) in [5.74, 6) is -0.231. The number of rotatable bonds is 1. The van der Waals surface area contributed by atoms with Gasteiger partial charge in [-0.15, -0.1) is 0 Å². The Morgan fingerprint density at radius 2 is 2.35 bits per heavy atom. The minimum absolute atomic E-state index is 0.231. The van der Waals surface area contributed by atoms with Crippen molar-refractivity contribution in [1.29, 1.82) is 0 Å². The number of piperidine rings is 1. The van der Waals surface area contributed by atoms with Gasteiger partial charge in [-0.05, 0) is 32.4 Å². The van der Waals surface area contributed by atoms with Gasteiger partial charge in [0.2, 0.25) is 0 Å². The van der Waals surface area contributed by atoms with Crippen molar-refractivity contribution in [3.05, 3.63) is 35.5 Å². The molecule has 1 fully saturated rings. The lowest BCUT2D eigenvalue weighted by Gasteiger charge is -2.22. The Morgan fingerprint density at radius 3 is 3.12 bits per heavy atom. The number of aryl methyl sites for hydroxylation is 1. The van der Waals surface area contributed by atoms with Crippen molar-refractivity contribution in [2.75, 3.05) is 6.54 Å². The second-order valence-corrected chi connectivity index (χ2v) is 4.66. The maximum atomic E-state index is 13.2. The smallest absolute Gasteiger partial charge is 0.140 e. The van der Waals surface area contributed by atoms with Gasteiger partial charge in [0.25, 0.3) is 0 Å². The minimum Gasteiger partial charge on any atom is -0.309 e. The van der Waals surface area contributed by atoms with E-state index in [1.165, 1.54) is 25.0 Å². The van der Waals surface area contributed by atoms with Crippen LogP contribution in [0, 0.1) is 12.7 Å². The van der Waals surface area contributed by atoms with Crippen LogP contribution in [-0.4, -0.2) is 15.9 Å². The zero-order chi connectivity index (χ0) is 11.8. The van der Waals surface area contributed by atoms with Gasteiger partial charge in [-0.3, -0.25) is 0 Å². The van der Waals surface area contributed by atoms with Crippen LogP contribution in [0.4, 0.5) is 4.39 Å². The molecule has 2 aromatic rings. The number of halogens is 1. The van der Waals surface area contributed by atoms with E-state index in [-0.39, 0.29) is 5.82 Å². The molecule has 2 aromatic heterocycles. The topological polar surface area (TPSA) is 29.3 Å². The summed E-state index contributed by atoms with van der Waals surface area (Å²) >= 11 is 0. The van der Waals surface area contributed by atoms with E-state index < -0.39 is 0 Å². The van der Waals surface area contributed by atoms with Crippen LogP contribution >= 0.6 is 0 Å². The lowest BCUT2D eigenvalue weighted by molar-refractivity contribution is 0.405. The lowest BCUT2D eigenvalue weighted by Crippen LogP contribution is -2.27. The molecule has 1 unspecified atom stereocenters. The second kappa shape index (κ2) is 4.11. The molecule has 1 aliphatic rings. The highest BCUT2D eigenvalue weighted by Gasteiger charge is 2.20. The molecule has 1 saturated heterocycles. The Morgan fingerprint density at radius 1 is 1.47 bits per heavy atom. The molecule has 4 heteroatoms. The predicted molar refractivity (Wildman–Crippen MR) is 64.5 cm³/mol. The molecule has 3 heterocycles. The van der Waals surface area contributed by atoms with E-state index in [1.54, 1.807) is 6.20 Å². The third kappa shape index (κ3) is 1.82. The zero-order valence-electron chi connectivity index (χ0n) is 9.91. The molecule has 0 radical (unpaired) electrons. The fourth-order valence-electron chi connectivity index (χ4n) is 2.58. The number of nitrogens with one attached hydrogen (secondary N) is 1. The Hall–Kier alpha value is -1.42. The average molecular weight is 233 g/mol. The van der Waals surface area contributed by atoms with Crippen molar-refractivity contribution in [3.8, 4) is 0 Å². The quantitative estimate of drug-likeness (QED) is 0.820.